The van der Waals surface area contributed by atoms with E-state index in [2.05, 4.69) is 22.4 Å². The molecule has 1 aliphatic rings. The molecule has 1 aromatic heterocycles. The highest BCUT2D eigenvalue weighted by molar-refractivity contribution is 6.02. The van der Waals surface area contributed by atoms with E-state index in [1.165, 1.54) is 0 Å². The van der Waals surface area contributed by atoms with Crippen molar-refractivity contribution in [2.45, 2.75) is 19.4 Å². The lowest BCUT2D eigenvalue weighted by atomic mass is 10.1. The number of carboxylic acids is 1. The number of nitrogens with one attached hydrogen (secondary N) is 1. The fraction of sp³-hybridized carbons (Fsp3) is 0.308. The minimum atomic E-state index is -1.05. The Morgan fingerprint density at radius 1 is 1.39 bits per heavy atom. The molecule has 1 heterocycles. The van der Waals surface area contributed by atoms with Gasteiger partial charge in [0.25, 0.3) is 0 Å². The van der Waals surface area contributed by atoms with Crippen molar-refractivity contribution in [3.63, 3.8) is 0 Å². The standard InChI is InChI=1S/C13H13N3O2/c1-7-6-10(7)14-11-8-4-2-3-5-9(8)15-16-12(11)13(17)18/h2-5,7,10H,6H2,1H3,(H,14,15)(H,17,18). The maximum absolute atomic E-state index is 11.2. The number of carboxylic acid groups (broad SMARTS) is 1. The van der Waals surface area contributed by atoms with Crippen LogP contribution in [0.4, 0.5) is 5.69 Å². The average Bonchev–Trinajstić information content (AvgIpc) is 3.05. The maximum atomic E-state index is 11.2. The number of anilines is 1. The molecule has 0 bridgehead atoms. The number of nitrogens with zero attached hydrogens (tertiary/aromatic N) is 2. The number of fused-ring (bicyclic) bond motifs is 1. The number of hydrogen-bond donors (Lipinski definition) is 2. The molecule has 92 valence electrons. The lowest BCUT2D eigenvalue weighted by Gasteiger charge is -2.10. The Morgan fingerprint density at radius 2 is 2.11 bits per heavy atom. The van der Waals surface area contributed by atoms with Crippen LogP contribution in [-0.4, -0.2) is 27.3 Å². The Balaban J connectivity index is 2.15. The normalized spacial score (nSPS) is 21.8. The first kappa shape index (κ1) is 11.0. The molecule has 0 aliphatic heterocycles. The lowest BCUT2D eigenvalue weighted by Crippen LogP contribution is -2.12. The quantitative estimate of drug-likeness (QED) is 0.863. The van der Waals surface area contributed by atoms with Gasteiger partial charge in [-0.1, -0.05) is 25.1 Å². The molecule has 2 aromatic rings. The number of hydrogen-bond acceptors (Lipinski definition) is 4. The summed E-state index contributed by atoms with van der Waals surface area (Å²) in [5.74, 6) is -0.470. The molecular formula is C13H13N3O2. The zero-order valence-corrected chi connectivity index (χ0v) is 9.92. The highest BCUT2D eigenvalue weighted by Crippen LogP contribution is 2.35. The van der Waals surface area contributed by atoms with Gasteiger partial charge in [-0.15, -0.1) is 10.2 Å². The molecule has 1 saturated carbocycles. The van der Waals surface area contributed by atoms with E-state index in [0.717, 1.165) is 11.8 Å². The van der Waals surface area contributed by atoms with Crippen molar-refractivity contribution in [2.24, 2.45) is 5.92 Å². The minimum absolute atomic E-state index is 0.00667. The smallest absolute Gasteiger partial charge is 0.358 e. The Hall–Kier alpha value is -2.17. The molecule has 3 rings (SSSR count). The summed E-state index contributed by atoms with van der Waals surface area (Å²) in [5.41, 5.74) is 1.29. The van der Waals surface area contributed by atoms with Crippen molar-refractivity contribution in [3.8, 4) is 0 Å². The van der Waals surface area contributed by atoms with Crippen LogP contribution >= 0.6 is 0 Å². The van der Waals surface area contributed by atoms with Gasteiger partial charge in [-0.25, -0.2) is 4.79 Å². The van der Waals surface area contributed by atoms with Crippen LogP contribution in [0.3, 0.4) is 0 Å². The molecule has 0 saturated heterocycles. The Morgan fingerprint density at radius 3 is 2.78 bits per heavy atom. The molecule has 0 spiro atoms. The van der Waals surface area contributed by atoms with Crippen LogP contribution in [0.2, 0.25) is 0 Å². The summed E-state index contributed by atoms with van der Waals surface area (Å²) in [6, 6.07) is 7.77. The van der Waals surface area contributed by atoms with Gasteiger partial charge in [0.1, 0.15) is 0 Å². The van der Waals surface area contributed by atoms with Gasteiger partial charge >= 0.3 is 5.97 Å². The molecule has 1 aromatic carbocycles. The van der Waals surface area contributed by atoms with Crippen molar-refractivity contribution < 1.29 is 9.90 Å². The molecule has 1 fully saturated rings. The molecule has 1 aliphatic carbocycles. The maximum Gasteiger partial charge on any atom is 0.358 e. The number of carbonyl (C=O) groups is 1. The molecule has 0 radical (unpaired) electrons. The van der Waals surface area contributed by atoms with Gasteiger partial charge in [0.2, 0.25) is 0 Å². The van der Waals surface area contributed by atoms with Crippen LogP contribution in [0.5, 0.6) is 0 Å². The fourth-order valence-corrected chi connectivity index (χ4v) is 2.06. The van der Waals surface area contributed by atoms with Gasteiger partial charge in [0, 0.05) is 11.4 Å². The monoisotopic (exact) mass is 243 g/mol. The van der Waals surface area contributed by atoms with E-state index in [1.807, 2.05) is 24.3 Å². The van der Waals surface area contributed by atoms with Gasteiger partial charge in [0.15, 0.2) is 5.69 Å². The van der Waals surface area contributed by atoms with Crippen LogP contribution < -0.4 is 5.32 Å². The number of aromatic nitrogens is 2. The van der Waals surface area contributed by atoms with Crippen molar-refractivity contribution in [1.82, 2.24) is 10.2 Å². The van der Waals surface area contributed by atoms with Crippen molar-refractivity contribution in [2.75, 3.05) is 5.32 Å². The van der Waals surface area contributed by atoms with E-state index in [-0.39, 0.29) is 5.69 Å². The highest BCUT2D eigenvalue weighted by Gasteiger charge is 2.34. The van der Waals surface area contributed by atoms with Crippen LogP contribution in [-0.2, 0) is 0 Å². The van der Waals surface area contributed by atoms with Crippen LogP contribution in [0.25, 0.3) is 10.9 Å². The molecule has 5 heteroatoms. The van der Waals surface area contributed by atoms with E-state index in [0.29, 0.717) is 23.2 Å². The Labute approximate surface area is 104 Å². The second kappa shape index (κ2) is 3.94. The topological polar surface area (TPSA) is 75.1 Å². The van der Waals surface area contributed by atoms with Gasteiger partial charge in [-0.05, 0) is 18.4 Å². The molecule has 2 N–H and O–H groups in total. The SMILES string of the molecule is CC1CC1Nc1c(C(=O)O)nnc2ccccc12. The minimum Gasteiger partial charge on any atom is -0.476 e. The third-order valence-corrected chi connectivity index (χ3v) is 3.31. The molecular weight excluding hydrogens is 230 g/mol. The van der Waals surface area contributed by atoms with Crippen molar-refractivity contribution in [3.05, 3.63) is 30.0 Å². The van der Waals surface area contributed by atoms with E-state index in [4.69, 9.17) is 0 Å². The molecule has 2 unspecified atom stereocenters. The van der Waals surface area contributed by atoms with Crippen LogP contribution in [0.15, 0.2) is 24.3 Å². The summed E-state index contributed by atoms with van der Waals surface area (Å²) < 4.78 is 0. The predicted octanol–water partition coefficient (Wildman–Crippen LogP) is 2.15. The lowest BCUT2D eigenvalue weighted by molar-refractivity contribution is 0.0690. The fourth-order valence-electron chi connectivity index (χ4n) is 2.06. The van der Waals surface area contributed by atoms with Crippen molar-refractivity contribution in [1.29, 1.82) is 0 Å². The molecule has 0 amide bonds. The highest BCUT2D eigenvalue weighted by atomic mass is 16.4. The number of benzene rings is 1. The van der Waals surface area contributed by atoms with Crippen LogP contribution in [0.1, 0.15) is 23.8 Å². The molecule has 18 heavy (non-hydrogen) atoms. The Bertz CT molecular complexity index is 627. The van der Waals surface area contributed by atoms with E-state index < -0.39 is 5.97 Å². The summed E-state index contributed by atoms with van der Waals surface area (Å²) >= 11 is 0. The van der Waals surface area contributed by atoms with Crippen molar-refractivity contribution >= 4 is 22.6 Å². The second-order valence-electron chi connectivity index (χ2n) is 4.71. The molecule has 2 atom stereocenters. The summed E-state index contributed by atoms with van der Waals surface area (Å²) in [7, 11) is 0. The van der Waals surface area contributed by atoms with E-state index >= 15 is 0 Å². The van der Waals surface area contributed by atoms with E-state index in [9.17, 15) is 9.90 Å². The summed E-state index contributed by atoms with van der Waals surface area (Å²) in [5, 5.41) is 21.0. The number of aromatic carboxylic acids is 1. The van der Waals surface area contributed by atoms with Crippen LogP contribution in [0, 0.1) is 5.92 Å². The third kappa shape index (κ3) is 1.77. The average molecular weight is 243 g/mol. The number of rotatable bonds is 3. The predicted molar refractivity (Wildman–Crippen MR) is 67.7 cm³/mol. The zero-order chi connectivity index (χ0) is 12.7. The van der Waals surface area contributed by atoms with Gasteiger partial charge in [-0.3, -0.25) is 0 Å². The summed E-state index contributed by atoms with van der Waals surface area (Å²) in [4.78, 5) is 11.2. The summed E-state index contributed by atoms with van der Waals surface area (Å²) in [6.07, 6.45) is 1.07. The third-order valence-electron chi connectivity index (χ3n) is 3.31. The van der Waals surface area contributed by atoms with Gasteiger partial charge in [-0.2, -0.15) is 0 Å². The summed E-state index contributed by atoms with van der Waals surface area (Å²) in [6.45, 7) is 2.13. The largest absolute Gasteiger partial charge is 0.476 e. The second-order valence-corrected chi connectivity index (χ2v) is 4.71. The first-order chi connectivity index (χ1) is 8.66. The van der Waals surface area contributed by atoms with Gasteiger partial charge < -0.3 is 10.4 Å². The molecule has 5 nitrogen and oxygen atoms in total. The first-order valence-corrected chi connectivity index (χ1v) is 5.92. The van der Waals surface area contributed by atoms with Gasteiger partial charge in [0.05, 0.1) is 11.2 Å². The first-order valence-electron chi connectivity index (χ1n) is 5.92. The zero-order valence-electron chi connectivity index (χ0n) is 9.92. The Kier molecular flexibility index (Phi) is 2.40. The van der Waals surface area contributed by atoms with E-state index in [1.54, 1.807) is 0 Å².